The lowest BCUT2D eigenvalue weighted by atomic mass is 10.0. The lowest BCUT2D eigenvalue weighted by Crippen LogP contribution is -2.06. The number of hydrogen-bond acceptors (Lipinski definition) is 4. The van der Waals surface area contributed by atoms with Crippen LogP contribution < -0.4 is 14.8 Å². The molecule has 0 aliphatic carbocycles. The Hall–Kier alpha value is -3.53. The quantitative estimate of drug-likeness (QED) is 0.519. The van der Waals surface area contributed by atoms with E-state index in [-0.39, 0.29) is 12.6 Å². The zero-order valence-electron chi connectivity index (χ0n) is 14.7. The first kappa shape index (κ1) is 16.9. The minimum Gasteiger partial charge on any atom is -0.454 e. The van der Waals surface area contributed by atoms with Gasteiger partial charge in [0.15, 0.2) is 17.3 Å². The molecule has 27 heavy (non-hydrogen) atoms. The molecule has 0 atom stereocenters. The number of hydrogen-bond donors (Lipinski definition) is 1. The van der Waals surface area contributed by atoms with Crippen LogP contribution in [0.1, 0.15) is 15.9 Å². The van der Waals surface area contributed by atoms with Crippen molar-refractivity contribution in [2.45, 2.75) is 6.54 Å². The van der Waals surface area contributed by atoms with Crippen LogP contribution in [0.4, 0.5) is 0 Å². The average molecular weight is 357 g/mol. The number of allylic oxidation sites excluding steroid dienone is 1. The van der Waals surface area contributed by atoms with Crippen LogP contribution in [-0.4, -0.2) is 12.6 Å². The topological polar surface area (TPSA) is 47.6 Å². The van der Waals surface area contributed by atoms with Crippen molar-refractivity contribution in [3.63, 3.8) is 0 Å². The van der Waals surface area contributed by atoms with Gasteiger partial charge in [-0.05, 0) is 28.8 Å². The third-order valence-electron chi connectivity index (χ3n) is 4.37. The zero-order valence-corrected chi connectivity index (χ0v) is 14.7. The van der Waals surface area contributed by atoms with E-state index in [9.17, 15) is 4.79 Å². The number of ether oxygens (including phenoxy) is 2. The third kappa shape index (κ3) is 4.01. The highest BCUT2D eigenvalue weighted by Gasteiger charge is 2.12. The molecular formula is C23H19NO3. The van der Waals surface area contributed by atoms with Crippen LogP contribution in [0.2, 0.25) is 0 Å². The molecule has 0 radical (unpaired) electrons. The number of benzene rings is 3. The molecular weight excluding hydrogens is 338 g/mol. The molecule has 1 N–H and O–H groups in total. The SMILES string of the molecule is O=C(C=CNCc1ccc2c(c1)OCO2)c1ccc(-c2ccccc2)cc1. The van der Waals surface area contributed by atoms with Crippen LogP contribution >= 0.6 is 0 Å². The largest absolute Gasteiger partial charge is 0.454 e. The van der Waals surface area contributed by atoms with Crippen LogP contribution in [0.15, 0.2) is 85.1 Å². The summed E-state index contributed by atoms with van der Waals surface area (Å²) in [4.78, 5) is 12.3. The zero-order chi connectivity index (χ0) is 18.5. The van der Waals surface area contributed by atoms with E-state index in [1.54, 1.807) is 12.3 Å². The summed E-state index contributed by atoms with van der Waals surface area (Å²) in [6, 6.07) is 23.5. The minimum absolute atomic E-state index is 0.0344. The van der Waals surface area contributed by atoms with Gasteiger partial charge in [0.25, 0.3) is 0 Å². The van der Waals surface area contributed by atoms with Gasteiger partial charge in [-0.2, -0.15) is 0 Å². The van der Waals surface area contributed by atoms with Crippen molar-refractivity contribution in [1.82, 2.24) is 5.32 Å². The van der Waals surface area contributed by atoms with Gasteiger partial charge < -0.3 is 14.8 Å². The molecule has 1 aliphatic rings. The van der Waals surface area contributed by atoms with Crippen molar-refractivity contribution in [3.8, 4) is 22.6 Å². The predicted octanol–water partition coefficient (Wildman–Crippen LogP) is 4.57. The van der Waals surface area contributed by atoms with Gasteiger partial charge in [-0.1, -0.05) is 60.7 Å². The van der Waals surface area contributed by atoms with Gasteiger partial charge in [0, 0.05) is 24.4 Å². The Morgan fingerprint density at radius 2 is 1.63 bits per heavy atom. The van der Waals surface area contributed by atoms with Gasteiger partial charge in [0.2, 0.25) is 6.79 Å². The van der Waals surface area contributed by atoms with E-state index in [0.29, 0.717) is 12.1 Å². The van der Waals surface area contributed by atoms with Crippen molar-refractivity contribution in [2.24, 2.45) is 0 Å². The summed E-state index contributed by atoms with van der Waals surface area (Å²) in [6.07, 6.45) is 3.22. The molecule has 134 valence electrons. The fraction of sp³-hybridized carbons (Fsp3) is 0.0870. The van der Waals surface area contributed by atoms with E-state index in [1.807, 2.05) is 60.7 Å². The Morgan fingerprint density at radius 3 is 2.44 bits per heavy atom. The fourth-order valence-electron chi connectivity index (χ4n) is 2.92. The number of carbonyl (C=O) groups is 1. The van der Waals surface area contributed by atoms with E-state index in [4.69, 9.17) is 9.47 Å². The summed E-state index contributed by atoms with van der Waals surface area (Å²) in [7, 11) is 0. The minimum atomic E-state index is -0.0344. The molecule has 3 aromatic carbocycles. The highest BCUT2D eigenvalue weighted by molar-refractivity contribution is 6.04. The molecule has 1 heterocycles. The van der Waals surface area contributed by atoms with Crippen molar-refractivity contribution in [2.75, 3.05) is 6.79 Å². The van der Waals surface area contributed by atoms with Crippen LogP contribution in [0.5, 0.6) is 11.5 Å². The molecule has 0 amide bonds. The molecule has 3 aromatic rings. The Balaban J connectivity index is 1.33. The van der Waals surface area contributed by atoms with Crippen LogP contribution in [0.3, 0.4) is 0 Å². The summed E-state index contributed by atoms with van der Waals surface area (Å²) in [5.41, 5.74) is 3.95. The summed E-state index contributed by atoms with van der Waals surface area (Å²) < 4.78 is 10.7. The van der Waals surface area contributed by atoms with E-state index in [0.717, 1.165) is 28.2 Å². The van der Waals surface area contributed by atoms with Crippen molar-refractivity contribution < 1.29 is 14.3 Å². The van der Waals surface area contributed by atoms with E-state index in [1.165, 1.54) is 0 Å². The average Bonchev–Trinajstić information content (AvgIpc) is 3.20. The van der Waals surface area contributed by atoms with Gasteiger partial charge in [-0.15, -0.1) is 0 Å². The lowest BCUT2D eigenvalue weighted by molar-refractivity contribution is 0.104. The van der Waals surface area contributed by atoms with Crippen molar-refractivity contribution in [3.05, 3.63) is 96.2 Å². The molecule has 4 nitrogen and oxygen atoms in total. The summed E-state index contributed by atoms with van der Waals surface area (Å²) in [6.45, 7) is 0.872. The Kier molecular flexibility index (Phi) is 4.88. The Bertz CT molecular complexity index is 963. The standard InChI is InChI=1S/C23H19NO3/c25-21(20-9-7-19(8-10-20)18-4-2-1-3-5-18)12-13-24-15-17-6-11-22-23(14-17)27-16-26-22/h1-14,24H,15-16H2. The normalized spacial score (nSPS) is 12.3. The Morgan fingerprint density at radius 1 is 0.889 bits per heavy atom. The molecule has 0 fully saturated rings. The number of carbonyl (C=O) groups excluding carboxylic acids is 1. The number of nitrogens with one attached hydrogen (secondary N) is 1. The van der Waals surface area contributed by atoms with Crippen molar-refractivity contribution in [1.29, 1.82) is 0 Å². The summed E-state index contributed by atoms with van der Waals surface area (Å²) >= 11 is 0. The third-order valence-corrected chi connectivity index (χ3v) is 4.37. The number of fused-ring (bicyclic) bond motifs is 1. The van der Waals surface area contributed by atoms with Crippen LogP contribution in [0, 0.1) is 0 Å². The smallest absolute Gasteiger partial charge is 0.231 e. The van der Waals surface area contributed by atoms with E-state index >= 15 is 0 Å². The second kappa shape index (κ2) is 7.79. The predicted molar refractivity (Wildman–Crippen MR) is 105 cm³/mol. The summed E-state index contributed by atoms with van der Waals surface area (Å²) in [5, 5.41) is 3.13. The number of rotatable bonds is 6. The van der Waals surface area contributed by atoms with Crippen molar-refractivity contribution >= 4 is 5.78 Å². The first-order valence-corrected chi connectivity index (χ1v) is 8.78. The van der Waals surface area contributed by atoms with Gasteiger partial charge in [0.05, 0.1) is 0 Å². The first-order chi connectivity index (χ1) is 13.3. The molecule has 0 spiro atoms. The summed E-state index contributed by atoms with van der Waals surface area (Å²) in [5.74, 6) is 1.49. The molecule has 0 aromatic heterocycles. The van der Waals surface area contributed by atoms with Gasteiger partial charge in [-0.25, -0.2) is 0 Å². The molecule has 4 heteroatoms. The van der Waals surface area contributed by atoms with Gasteiger partial charge >= 0.3 is 0 Å². The number of ketones is 1. The fourth-order valence-corrected chi connectivity index (χ4v) is 2.92. The second-order valence-electron chi connectivity index (χ2n) is 6.21. The maximum Gasteiger partial charge on any atom is 0.231 e. The molecule has 4 rings (SSSR count). The van der Waals surface area contributed by atoms with E-state index < -0.39 is 0 Å². The monoisotopic (exact) mass is 357 g/mol. The van der Waals surface area contributed by atoms with Crippen LogP contribution in [-0.2, 0) is 6.54 Å². The molecule has 1 aliphatic heterocycles. The molecule has 0 bridgehead atoms. The van der Waals surface area contributed by atoms with E-state index in [2.05, 4.69) is 17.4 Å². The molecule has 0 saturated carbocycles. The Labute approximate surface area is 158 Å². The molecule has 0 saturated heterocycles. The molecule has 0 unspecified atom stereocenters. The maximum absolute atomic E-state index is 12.3. The second-order valence-corrected chi connectivity index (χ2v) is 6.21. The van der Waals surface area contributed by atoms with Crippen LogP contribution in [0.25, 0.3) is 11.1 Å². The highest BCUT2D eigenvalue weighted by atomic mass is 16.7. The first-order valence-electron chi connectivity index (χ1n) is 8.78. The van der Waals surface area contributed by atoms with Gasteiger partial charge in [-0.3, -0.25) is 4.79 Å². The van der Waals surface area contributed by atoms with Gasteiger partial charge in [0.1, 0.15) is 0 Å². The lowest BCUT2D eigenvalue weighted by Gasteiger charge is -2.04. The maximum atomic E-state index is 12.3. The highest BCUT2D eigenvalue weighted by Crippen LogP contribution is 2.32.